The molecule has 96 valence electrons. The van der Waals surface area contributed by atoms with E-state index < -0.39 is 6.04 Å². The zero-order valence-electron chi connectivity index (χ0n) is 10.0. The van der Waals surface area contributed by atoms with E-state index >= 15 is 0 Å². The Morgan fingerprint density at radius 3 is 2.72 bits per heavy atom. The second kappa shape index (κ2) is 4.86. The van der Waals surface area contributed by atoms with Crippen LogP contribution in [-0.2, 0) is 9.59 Å². The van der Waals surface area contributed by atoms with Gasteiger partial charge in [-0.2, -0.15) is 0 Å². The topological polar surface area (TPSA) is 67.4 Å². The van der Waals surface area contributed by atoms with Crippen molar-refractivity contribution in [3.05, 3.63) is 22.7 Å². The number of carbonyl (C=O) groups excluding carboxylic acids is 2. The number of ether oxygens (including phenoxy) is 1. The summed E-state index contributed by atoms with van der Waals surface area (Å²) >= 11 is 5.99. The van der Waals surface area contributed by atoms with E-state index in [2.05, 4.69) is 10.6 Å². The molecule has 1 aliphatic heterocycles. The van der Waals surface area contributed by atoms with Gasteiger partial charge in [-0.1, -0.05) is 11.6 Å². The Kier molecular flexibility index (Phi) is 3.43. The van der Waals surface area contributed by atoms with Gasteiger partial charge in [0, 0.05) is 11.1 Å². The van der Waals surface area contributed by atoms with Crippen LogP contribution < -0.4 is 15.4 Å². The lowest BCUT2D eigenvalue weighted by Crippen LogP contribution is -2.30. The highest BCUT2D eigenvalue weighted by Gasteiger charge is 2.30. The third kappa shape index (κ3) is 2.41. The number of amides is 2. The molecule has 18 heavy (non-hydrogen) atoms. The lowest BCUT2D eigenvalue weighted by Gasteiger charge is -2.15. The summed E-state index contributed by atoms with van der Waals surface area (Å²) in [6.45, 7) is 1.85. The SMILES string of the molecule is COc1cc(Cl)c(C)cc1NC1CC(=O)NC1=O. The van der Waals surface area contributed by atoms with E-state index in [1.54, 1.807) is 12.1 Å². The molecule has 0 bridgehead atoms. The third-order valence-electron chi connectivity index (χ3n) is 2.78. The van der Waals surface area contributed by atoms with E-state index in [4.69, 9.17) is 16.3 Å². The van der Waals surface area contributed by atoms with E-state index in [0.29, 0.717) is 16.5 Å². The van der Waals surface area contributed by atoms with Crippen LogP contribution in [0, 0.1) is 6.92 Å². The first-order valence-corrected chi connectivity index (χ1v) is 5.83. The minimum absolute atomic E-state index is 0.129. The summed E-state index contributed by atoms with van der Waals surface area (Å²) in [7, 11) is 1.52. The van der Waals surface area contributed by atoms with E-state index in [9.17, 15) is 9.59 Å². The minimum atomic E-state index is -0.563. The van der Waals surface area contributed by atoms with Crippen molar-refractivity contribution in [1.82, 2.24) is 5.32 Å². The highest BCUT2D eigenvalue weighted by molar-refractivity contribution is 6.31. The van der Waals surface area contributed by atoms with Crippen LogP contribution in [0.5, 0.6) is 5.75 Å². The molecule has 2 amide bonds. The quantitative estimate of drug-likeness (QED) is 0.815. The fraction of sp³-hybridized carbons (Fsp3) is 0.333. The summed E-state index contributed by atoms with van der Waals surface area (Å²) < 4.78 is 5.19. The Bertz CT molecular complexity index is 516. The number of hydrogen-bond acceptors (Lipinski definition) is 4. The van der Waals surface area contributed by atoms with E-state index in [-0.39, 0.29) is 18.2 Å². The number of nitrogens with one attached hydrogen (secondary N) is 2. The van der Waals surface area contributed by atoms with E-state index in [0.717, 1.165) is 5.56 Å². The monoisotopic (exact) mass is 268 g/mol. The number of imide groups is 1. The van der Waals surface area contributed by atoms with Crippen molar-refractivity contribution < 1.29 is 14.3 Å². The summed E-state index contributed by atoms with van der Waals surface area (Å²) in [6, 6.07) is 2.90. The normalized spacial score (nSPS) is 18.7. The van der Waals surface area contributed by atoms with Crippen molar-refractivity contribution >= 4 is 29.1 Å². The van der Waals surface area contributed by atoms with Crippen molar-refractivity contribution in [2.45, 2.75) is 19.4 Å². The van der Waals surface area contributed by atoms with Crippen LogP contribution in [0.15, 0.2) is 12.1 Å². The van der Waals surface area contributed by atoms with Crippen LogP contribution in [0.2, 0.25) is 5.02 Å². The van der Waals surface area contributed by atoms with Gasteiger partial charge in [-0.05, 0) is 18.6 Å². The van der Waals surface area contributed by atoms with E-state index in [1.807, 2.05) is 6.92 Å². The van der Waals surface area contributed by atoms with E-state index in [1.165, 1.54) is 7.11 Å². The molecule has 2 rings (SSSR count). The number of halogens is 1. The van der Waals surface area contributed by atoms with Gasteiger partial charge in [0.1, 0.15) is 11.8 Å². The van der Waals surface area contributed by atoms with Gasteiger partial charge in [0.05, 0.1) is 19.2 Å². The van der Waals surface area contributed by atoms with Gasteiger partial charge < -0.3 is 10.1 Å². The fourth-order valence-electron chi connectivity index (χ4n) is 1.80. The van der Waals surface area contributed by atoms with Crippen LogP contribution in [-0.4, -0.2) is 25.0 Å². The molecule has 0 aromatic heterocycles. The molecular weight excluding hydrogens is 256 g/mol. The molecule has 1 fully saturated rings. The average Bonchev–Trinajstić information content (AvgIpc) is 2.62. The standard InChI is InChI=1S/C12H13ClN2O3/c1-6-3-8(10(18-2)4-7(6)13)14-9-5-11(16)15-12(9)17/h3-4,9,14H,5H2,1-2H3,(H,15,16,17). The predicted octanol–water partition coefficient (Wildman–Crippen LogP) is 1.48. The Morgan fingerprint density at radius 2 is 2.17 bits per heavy atom. The number of benzene rings is 1. The highest BCUT2D eigenvalue weighted by atomic mass is 35.5. The highest BCUT2D eigenvalue weighted by Crippen LogP contribution is 2.31. The molecule has 0 spiro atoms. The minimum Gasteiger partial charge on any atom is -0.495 e. The second-order valence-corrected chi connectivity index (χ2v) is 4.52. The zero-order valence-corrected chi connectivity index (χ0v) is 10.8. The first-order valence-electron chi connectivity index (χ1n) is 5.45. The molecule has 2 N–H and O–H groups in total. The molecule has 1 heterocycles. The van der Waals surface area contributed by atoms with Crippen molar-refractivity contribution in [3.8, 4) is 5.75 Å². The van der Waals surface area contributed by atoms with Crippen molar-refractivity contribution in [3.63, 3.8) is 0 Å². The molecule has 1 aliphatic rings. The molecule has 1 unspecified atom stereocenters. The molecule has 0 saturated carbocycles. The van der Waals surface area contributed by atoms with Gasteiger partial charge in [0.2, 0.25) is 11.8 Å². The maximum atomic E-state index is 11.5. The van der Waals surface area contributed by atoms with Crippen molar-refractivity contribution in [2.75, 3.05) is 12.4 Å². The molecular formula is C12H13ClN2O3. The number of aryl methyl sites for hydroxylation is 1. The number of rotatable bonds is 3. The zero-order chi connectivity index (χ0) is 13.3. The van der Waals surface area contributed by atoms with Crippen molar-refractivity contribution in [2.24, 2.45) is 0 Å². The van der Waals surface area contributed by atoms with Gasteiger partial charge in [0.25, 0.3) is 0 Å². The van der Waals surface area contributed by atoms with Crippen LogP contribution in [0.25, 0.3) is 0 Å². The Hall–Kier alpha value is -1.75. The summed E-state index contributed by atoms with van der Waals surface area (Å²) in [4.78, 5) is 22.6. The maximum Gasteiger partial charge on any atom is 0.249 e. The summed E-state index contributed by atoms with van der Waals surface area (Å²) in [5, 5.41) is 5.82. The number of anilines is 1. The largest absolute Gasteiger partial charge is 0.495 e. The molecule has 0 radical (unpaired) electrons. The second-order valence-electron chi connectivity index (χ2n) is 4.12. The molecule has 0 aliphatic carbocycles. The van der Waals surface area contributed by atoms with Gasteiger partial charge in [0.15, 0.2) is 0 Å². The first-order chi connectivity index (χ1) is 8.51. The summed E-state index contributed by atoms with van der Waals surface area (Å²) in [5.74, 6) is -0.0606. The van der Waals surface area contributed by atoms with Crippen LogP contribution in [0.1, 0.15) is 12.0 Å². The van der Waals surface area contributed by atoms with Gasteiger partial charge in [-0.25, -0.2) is 0 Å². The predicted molar refractivity (Wildman–Crippen MR) is 67.9 cm³/mol. The lowest BCUT2D eigenvalue weighted by molar-refractivity contribution is -0.124. The Balaban J connectivity index is 2.26. The fourth-order valence-corrected chi connectivity index (χ4v) is 1.96. The number of hydrogen-bond donors (Lipinski definition) is 2. The van der Waals surface area contributed by atoms with Gasteiger partial charge in [-0.15, -0.1) is 0 Å². The molecule has 1 saturated heterocycles. The smallest absolute Gasteiger partial charge is 0.249 e. The third-order valence-corrected chi connectivity index (χ3v) is 3.19. The van der Waals surface area contributed by atoms with Gasteiger partial charge in [-0.3, -0.25) is 14.9 Å². The van der Waals surface area contributed by atoms with Crippen LogP contribution in [0.4, 0.5) is 5.69 Å². The maximum absolute atomic E-state index is 11.5. The molecule has 1 atom stereocenters. The van der Waals surface area contributed by atoms with Gasteiger partial charge >= 0.3 is 0 Å². The van der Waals surface area contributed by atoms with Crippen molar-refractivity contribution in [1.29, 1.82) is 0 Å². The molecule has 5 nitrogen and oxygen atoms in total. The summed E-state index contributed by atoms with van der Waals surface area (Å²) in [5.41, 5.74) is 1.51. The average molecular weight is 269 g/mol. The molecule has 6 heteroatoms. The first kappa shape index (κ1) is 12.7. The molecule has 1 aromatic carbocycles. The lowest BCUT2D eigenvalue weighted by atomic mass is 10.1. The Labute approximate surface area is 109 Å². The van der Waals surface area contributed by atoms with Crippen LogP contribution in [0.3, 0.4) is 0 Å². The number of methoxy groups -OCH3 is 1. The summed E-state index contributed by atoms with van der Waals surface area (Å²) in [6.07, 6.45) is 0.129. The Morgan fingerprint density at radius 1 is 1.44 bits per heavy atom. The number of carbonyl (C=O) groups is 2. The van der Waals surface area contributed by atoms with Crippen LogP contribution >= 0.6 is 11.6 Å². The molecule has 1 aromatic rings.